The minimum atomic E-state index is -3.69. The Morgan fingerprint density at radius 3 is 2.32 bits per heavy atom. The van der Waals surface area contributed by atoms with E-state index in [4.69, 9.17) is 11.0 Å². The summed E-state index contributed by atoms with van der Waals surface area (Å²) < 4.78 is 24.9. The zero-order valence-electron chi connectivity index (χ0n) is 10.3. The Balaban J connectivity index is 2.64. The number of nitrogens with zero attached hydrogens (tertiary/aromatic N) is 1. The van der Waals surface area contributed by atoms with Crippen LogP contribution in [0.2, 0.25) is 0 Å². The van der Waals surface area contributed by atoms with Crippen molar-refractivity contribution in [2.24, 2.45) is 0 Å². The number of hydrogen-bond acceptors (Lipinski definition) is 4. The Morgan fingerprint density at radius 2 is 1.74 bits per heavy atom. The van der Waals surface area contributed by atoms with E-state index in [1.165, 1.54) is 30.3 Å². The minimum Gasteiger partial charge on any atom is -0.399 e. The third-order valence-corrected chi connectivity index (χ3v) is 4.57. The Kier molecular flexibility index (Phi) is 3.28. The van der Waals surface area contributed by atoms with Crippen molar-refractivity contribution in [2.45, 2.75) is 16.7 Å². The quantitative estimate of drug-likeness (QED) is 0.850. The summed E-state index contributed by atoms with van der Waals surface area (Å²) in [5, 5.41) is 9.03. The average Bonchev–Trinajstić information content (AvgIpc) is 2.38. The number of sulfone groups is 1. The van der Waals surface area contributed by atoms with Crippen molar-refractivity contribution in [3.63, 3.8) is 0 Å². The average molecular weight is 272 g/mol. The van der Waals surface area contributed by atoms with Crippen LogP contribution < -0.4 is 5.73 Å². The van der Waals surface area contributed by atoms with E-state index in [-0.39, 0.29) is 15.4 Å². The van der Waals surface area contributed by atoms with Gasteiger partial charge in [-0.05, 0) is 37.3 Å². The Labute approximate surface area is 112 Å². The Hall–Kier alpha value is -2.32. The van der Waals surface area contributed by atoms with Gasteiger partial charge in [-0.2, -0.15) is 5.26 Å². The fourth-order valence-electron chi connectivity index (χ4n) is 1.71. The van der Waals surface area contributed by atoms with Gasteiger partial charge in [0.15, 0.2) is 0 Å². The lowest BCUT2D eigenvalue weighted by molar-refractivity contribution is 0.596. The smallest absolute Gasteiger partial charge is 0.207 e. The molecule has 5 heteroatoms. The van der Waals surface area contributed by atoms with Crippen molar-refractivity contribution >= 4 is 15.5 Å². The van der Waals surface area contributed by atoms with Crippen LogP contribution in [0.5, 0.6) is 0 Å². The predicted octanol–water partition coefficient (Wildman–Crippen LogP) is 2.28. The van der Waals surface area contributed by atoms with Crippen LogP contribution in [0, 0.1) is 18.3 Å². The van der Waals surface area contributed by atoms with E-state index in [9.17, 15) is 8.42 Å². The van der Waals surface area contributed by atoms with Gasteiger partial charge in [0.05, 0.1) is 15.4 Å². The highest BCUT2D eigenvalue weighted by molar-refractivity contribution is 7.91. The first-order valence-corrected chi connectivity index (χ1v) is 7.05. The van der Waals surface area contributed by atoms with Gasteiger partial charge >= 0.3 is 0 Å². The molecule has 19 heavy (non-hydrogen) atoms. The Morgan fingerprint density at radius 1 is 1.11 bits per heavy atom. The second-order valence-electron chi connectivity index (χ2n) is 4.18. The van der Waals surface area contributed by atoms with E-state index < -0.39 is 9.84 Å². The Bertz CT molecular complexity index is 757. The highest BCUT2D eigenvalue weighted by Gasteiger charge is 2.21. The van der Waals surface area contributed by atoms with E-state index in [0.29, 0.717) is 5.69 Å². The number of aryl methyl sites for hydroxylation is 1. The molecule has 0 radical (unpaired) electrons. The van der Waals surface area contributed by atoms with E-state index in [1.54, 1.807) is 12.1 Å². The highest BCUT2D eigenvalue weighted by atomic mass is 32.2. The van der Waals surface area contributed by atoms with Gasteiger partial charge in [0.1, 0.15) is 6.07 Å². The summed E-state index contributed by atoms with van der Waals surface area (Å²) in [4.78, 5) is 0.146. The second kappa shape index (κ2) is 4.75. The van der Waals surface area contributed by atoms with Crippen molar-refractivity contribution in [3.8, 4) is 6.07 Å². The molecule has 2 aromatic rings. The van der Waals surface area contributed by atoms with Gasteiger partial charge in [-0.15, -0.1) is 0 Å². The summed E-state index contributed by atoms with van der Waals surface area (Å²) in [6, 6.07) is 12.6. The maximum absolute atomic E-state index is 12.4. The maximum atomic E-state index is 12.4. The van der Waals surface area contributed by atoms with Crippen LogP contribution in [0.1, 0.15) is 11.1 Å². The second-order valence-corrected chi connectivity index (χ2v) is 6.10. The molecule has 0 bridgehead atoms. The lowest BCUT2D eigenvalue weighted by Gasteiger charge is -2.07. The number of hydrogen-bond donors (Lipinski definition) is 1. The first-order chi connectivity index (χ1) is 8.95. The van der Waals surface area contributed by atoms with Crippen LogP contribution in [-0.4, -0.2) is 8.42 Å². The lowest BCUT2D eigenvalue weighted by Crippen LogP contribution is -2.05. The summed E-state index contributed by atoms with van der Waals surface area (Å²) in [7, 11) is -3.69. The van der Waals surface area contributed by atoms with E-state index in [0.717, 1.165) is 5.56 Å². The molecule has 0 unspecified atom stereocenters. The zero-order valence-corrected chi connectivity index (χ0v) is 11.1. The molecule has 0 aliphatic heterocycles. The van der Waals surface area contributed by atoms with Crippen LogP contribution in [-0.2, 0) is 9.84 Å². The van der Waals surface area contributed by atoms with Gasteiger partial charge in [0.2, 0.25) is 9.84 Å². The topological polar surface area (TPSA) is 83.9 Å². The number of rotatable bonds is 2. The standard InChI is InChI=1S/C14H12N2O2S/c1-10-2-5-13(6-3-10)19(17,18)14-7-4-12(16)8-11(14)9-15/h2-8H,16H2,1H3. The highest BCUT2D eigenvalue weighted by Crippen LogP contribution is 2.25. The molecule has 0 heterocycles. The molecule has 2 aromatic carbocycles. The third-order valence-electron chi connectivity index (χ3n) is 2.74. The molecule has 0 aliphatic carbocycles. The molecule has 2 rings (SSSR count). The monoisotopic (exact) mass is 272 g/mol. The van der Waals surface area contributed by atoms with Crippen LogP contribution in [0.15, 0.2) is 52.3 Å². The number of nitriles is 1. The van der Waals surface area contributed by atoms with Gasteiger partial charge in [0, 0.05) is 5.69 Å². The van der Waals surface area contributed by atoms with Crippen LogP contribution in [0.3, 0.4) is 0 Å². The summed E-state index contributed by atoms with van der Waals surface area (Å²) >= 11 is 0. The SMILES string of the molecule is Cc1ccc(S(=O)(=O)c2ccc(N)cc2C#N)cc1. The minimum absolute atomic E-state index is 0.0203. The first-order valence-electron chi connectivity index (χ1n) is 5.56. The number of nitrogen functional groups attached to an aromatic ring is 1. The van der Waals surface area contributed by atoms with Crippen molar-refractivity contribution in [1.82, 2.24) is 0 Å². The molecule has 0 saturated carbocycles. The van der Waals surface area contributed by atoms with Crippen molar-refractivity contribution in [1.29, 1.82) is 5.26 Å². The summed E-state index contributed by atoms with van der Waals surface area (Å²) in [6.45, 7) is 1.88. The fourth-order valence-corrected chi connectivity index (χ4v) is 3.10. The van der Waals surface area contributed by atoms with Crippen LogP contribution in [0.4, 0.5) is 5.69 Å². The molecule has 0 aliphatic rings. The fraction of sp³-hybridized carbons (Fsp3) is 0.0714. The summed E-state index contributed by atoms with van der Waals surface area (Å²) in [6.07, 6.45) is 0. The van der Waals surface area contributed by atoms with Gasteiger partial charge < -0.3 is 5.73 Å². The van der Waals surface area contributed by atoms with E-state index in [2.05, 4.69) is 0 Å². The third kappa shape index (κ3) is 2.44. The molecule has 96 valence electrons. The maximum Gasteiger partial charge on any atom is 0.207 e. The molecular weight excluding hydrogens is 260 g/mol. The first kappa shape index (κ1) is 13.1. The molecule has 0 spiro atoms. The molecule has 2 N–H and O–H groups in total. The zero-order chi connectivity index (χ0) is 14.0. The molecule has 0 fully saturated rings. The van der Waals surface area contributed by atoms with Crippen molar-refractivity contribution < 1.29 is 8.42 Å². The molecule has 4 nitrogen and oxygen atoms in total. The van der Waals surface area contributed by atoms with Crippen molar-refractivity contribution in [3.05, 3.63) is 53.6 Å². The van der Waals surface area contributed by atoms with Gasteiger partial charge in [-0.25, -0.2) is 8.42 Å². The number of anilines is 1. The molecule has 0 atom stereocenters. The van der Waals surface area contributed by atoms with Gasteiger partial charge in [-0.3, -0.25) is 0 Å². The summed E-state index contributed by atoms with van der Waals surface area (Å²) in [5.41, 5.74) is 6.94. The molecular formula is C14H12N2O2S. The number of nitrogens with two attached hydrogens (primary N) is 1. The molecule has 0 aromatic heterocycles. The van der Waals surface area contributed by atoms with Gasteiger partial charge in [0.25, 0.3) is 0 Å². The lowest BCUT2D eigenvalue weighted by atomic mass is 10.2. The normalized spacial score (nSPS) is 10.9. The molecule has 0 amide bonds. The van der Waals surface area contributed by atoms with Crippen LogP contribution in [0.25, 0.3) is 0 Å². The van der Waals surface area contributed by atoms with Crippen molar-refractivity contribution in [2.75, 3.05) is 5.73 Å². The largest absolute Gasteiger partial charge is 0.399 e. The van der Waals surface area contributed by atoms with E-state index in [1.807, 2.05) is 13.0 Å². The van der Waals surface area contributed by atoms with E-state index >= 15 is 0 Å². The predicted molar refractivity (Wildman–Crippen MR) is 72.2 cm³/mol. The summed E-state index contributed by atoms with van der Waals surface area (Å²) in [5.74, 6) is 0. The van der Waals surface area contributed by atoms with Crippen LogP contribution >= 0.6 is 0 Å². The molecule has 0 saturated heterocycles. The van der Waals surface area contributed by atoms with Gasteiger partial charge in [-0.1, -0.05) is 17.7 Å². The number of benzene rings is 2.